The number of para-hydroxylation sites is 1. The highest BCUT2D eigenvalue weighted by Gasteiger charge is 2.22. The average molecular weight is 388 g/mol. The molecule has 0 radical (unpaired) electrons. The number of carbonyl (C=O) groups excluding carboxylic acids is 1. The predicted octanol–water partition coefficient (Wildman–Crippen LogP) is 2.58. The number of rotatable bonds is 4. The molecule has 2 aromatic carbocycles. The molecule has 0 N–H and O–H groups in total. The maximum atomic E-state index is 13.0. The maximum absolute atomic E-state index is 13.0. The lowest BCUT2D eigenvalue weighted by molar-refractivity contribution is 0.0753. The number of carbonyl (C=O) groups is 1. The molecule has 0 saturated carbocycles. The third kappa shape index (κ3) is 4.60. The number of amides is 1. The standard InChI is InChI=1S/C23H24N4O2/c28-22-13-12-21(24-27(22)20-10-5-2-6-11-20)23(29)26-15-7-14-25(16-17-26)18-19-8-3-1-4-9-19/h1-6,8-13H,7,14-18H2. The van der Waals surface area contributed by atoms with Crippen LogP contribution in [0.2, 0.25) is 0 Å². The first-order valence-corrected chi connectivity index (χ1v) is 9.92. The third-order valence-corrected chi connectivity index (χ3v) is 5.14. The van der Waals surface area contributed by atoms with Gasteiger partial charge in [0.2, 0.25) is 0 Å². The van der Waals surface area contributed by atoms with Crippen molar-refractivity contribution in [3.63, 3.8) is 0 Å². The minimum absolute atomic E-state index is 0.128. The van der Waals surface area contributed by atoms with Gasteiger partial charge in [-0.25, -0.2) is 0 Å². The van der Waals surface area contributed by atoms with Crippen LogP contribution in [0.3, 0.4) is 0 Å². The van der Waals surface area contributed by atoms with E-state index in [1.165, 1.54) is 22.4 Å². The monoisotopic (exact) mass is 388 g/mol. The van der Waals surface area contributed by atoms with E-state index in [1.54, 1.807) is 12.1 Å². The Morgan fingerprint density at radius 2 is 1.55 bits per heavy atom. The fourth-order valence-electron chi connectivity index (χ4n) is 3.62. The van der Waals surface area contributed by atoms with E-state index in [-0.39, 0.29) is 11.5 Å². The summed E-state index contributed by atoms with van der Waals surface area (Å²) in [7, 11) is 0. The number of aromatic nitrogens is 2. The van der Waals surface area contributed by atoms with E-state index >= 15 is 0 Å². The van der Waals surface area contributed by atoms with Crippen LogP contribution in [0.5, 0.6) is 0 Å². The molecular weight excluding hydrogens is 364 g/mol. The Kier molecular flexibility index (Phi) is 5.81. The Morgan fingerprint density at radius 3 is 2.31 bits per heavy atom. The third-order valence-electron chi connectivity index (χ3n) is 5.14. The van der Waals surface area contributed by atoms with Crippen LogP contribution in [-0.2, 0) is 6.54 Å². The Bertz CT molecular complexity index is 1020. The van der Waals surface area contributed by atoms with Crippen molar-refractivity contribution in [3.05, 3.63) is 94.4 Å². The topological polar surface area (TPSA) is 58.4 Å². The van der Waals surface area contributed by atoms with Crippen molar-refractivity contribution >= 4 is 5.91 Å². The SMILES string of the molecule is O=C(c1ccc(=O)n(-c2ccccc2)n1)N1CCCN(Cc2ccccc2)CC1. The molecule has 1 aliphatic heterocycles. The van der Waals surface area contributed by atoms with Gasteiger partial charge in [0.1, 0.15) is 5.69 Å². The number of hydrogen-bond donors (Lipinski definition) is 0. The summed E-state index contributed by atoms with van der Waals surface area (Å²) >= 11 is 0. The molecule has 1 amide bonds. The Labute approximate surface area is 170 Å². The Morgan fingerprint density at radius 1 is 0.828 bits per heavy atom. The molecule has 6 heteroatoms. The fraction of sp³-hybridized carbons (Fsp3) is 0.261. The van der Waals surface area contributed by atoms with Crippen molar-refractivity contribution in [1.29, 1.82) is 0 Å². The van der Waals surface area contributed by atoms with Crippen LogP contribution < -0.4 is 5.56 Å². The number of benzene rings is 2. The largest absolute Gasteiger partial charge is 0.336 e. The van der Waals surface area contributed by atoms with Crippen molar-refractivity contribution in [2.24, 2.45) is 0 Å². The Hall–Kier alpha value is -3.25. The van der Waals surface area contributed by atoms with E-state index in [9.17, 15) is 9.59 Å². The summed E-state index contributed by atoms with van der Waals surface area (Å²) in [5, 5.41) is 4.33. The van der Waals surface area contributed by atoms with Crippen LogP contribution in [-0.4, -0.2) is 51.7 Å². The van der Waals surface area contributed by atoms with Gasteiger partial charge in [0, 0.05) is 38.8 Å². The van der Waals surface area contributed by atoms with Gasteiger partial charge < -0.3 is 4.90 Å². The van der Waals surface area contributed by atoms with Crippen molar-refractivity contribution in [1.82, 2.24) is 19.6 Å². The number of nitrogens with zero attached hydrogens (tertiary/aromatic N) is 4. The normalized spacial score (nSPS) is 15.1. The van der Waals surface area contributed by atoms with Crippen LogP contribution in [0.25, 0.3) is 5.69 Å². The van der Waals surface area contributed by atoms with Gasteiger partial charge in [-0.15, -0.1) is 0 Å². The number of hydrogen-bond acceptors (Lipinski definition) is 4. The van der Waals surface area contributed by atoms with Gasteiger partial charge >= 0.3 is 0 Å². The lowest BCUT2D eigenvalue weighted by Gasteiger charge is -2.22. The lowest BCUT2D eigenvalue weighted by atomic mass is 10.2. The van der Waals surface area contributed by atoms with Crippen molar-refractivity contribution in [2.75, 3.05) is 26.2 Å². The molecule has 6 nitrogen and oxygen atoms in total. The van der Waals surface area contributed by atoms with Crippen LogP contribution >= 0.6 is 0 Å². The first-order chi connectivity index (χ1) is 14.2. The van der Waals surface area contributed by atoms with Gasteiger partial charge in [-0.1, -0.05) is 48.5 Å². The van der Waals surface area contributed by atoms with E-state index in [4.69, 9.17) is 0 Å². The molecule has 0 bridgehead atoms. The summed E-state index contributed by atoms with van der Waals surface area (Å²) in [4.78, 5) is 29.5. The zero-order valence-electron chi connectivity index (χ0n) is 16.3. The second-order valence-corrected chi connectivity index (χ2v) is 7.21. The minimum Gasteiger partial charge on any atom is -0.336 e. The van der Waals surface area contributed by atoms with Crippen LogP contribution in [0.15, 0.2) is 77.6 Å². The van der Waals surface area contributed by atoms with E-state index in [2.05, 4.69) is 34.3 Å². The lowest BCUT2D eigenvalue weighted by Crippen LogP contribution is -2.36. The molecule has 1 aromatic heterocycles. The summed E-state index contributed by atoms with van der Waals surface area (Å²) in [5.74, 6) is -0.128. The van der Waals surface area contributed by atoms with Gasteiger partial charge in [-0.2, -0.15) is 9.78 Å². The second-order valence-electron chi connectivity index (χ2n) is 7.21. The molecule has 4 rings (SSSR count). The van der Waals surface area contributed by atoms with Gasteiger partial charge in [0.25, 0.3) is 11.5 Å². The second kappa shape index (κ2) is 8.84. The summed E-state index contributed by atoms with van der Waals surface area (Å²) in [6.45, 7) is 4.00. The zero-order valence-corrected chi connectivity index (χ0v) is 16.3. The highest BCUT2D eigenvalue weighted by molar-refractivity contribution is 5.92. The van der Waals surface area contributed by atoms with Crippen LogP contribution in [0, 0.1) is 0 Å². The molecule has 148 valence electrons. The van der Waals surface area contributed by atoms with Gasteiger partial charge in [0.05, 0.1) is 5.69 Å². The van der Waals surface area contributed by atoms with Crippen LogP contribution in [0.1, 0.15) is 22.5 Å². The molecule has 1 saturated heterocycles. The highest BCUT2D eigenvalue weighted by Crippen LogP contribution is 2.11. The van der Waals surface area contributed by atoms with E-state index in [0.717, 1.165) is 26.1 Å². The summed E-state index contributed by atoms with van der Waals surface area (Å²) in [5.41, 5.74) is 1.98. The fourth-order valence-corrected chi connectivity index (χ4v) is 3.62. The molecule has 0 atom stereocenters. The van der Waals surface area contributed by atoms with E-state index < -0.39 is 0 Å². The first-order valence-electron chi connectivity index (χ1n) is 9.92. The summed E-state index contributed by atoms with van der Waals surface area (Å²) in [6, 6.07) is 22.5. The first kappa shape index (κ1) is 19.1. The van der Waals surface area contributed by atoms with Crippen molar-refractivity contribution in [2.45, 2.75) is 13.0 Å². The quantitative estimate of drug-likeness (QED) is 0.689. The Balaban J connectivity index is 1.47. The van der Waals surface area contributed by atoms with Gasteiger partial charge in [0.15, 0.2) is 0 Å². The van der Waals surface area contributed by atoms with Crippen LogP contribution in [0.4, 0.5) is 0 Å². The summed E-state index contributed by atoms with van der Waals surface area (Å²) < 4.78 is 1.28. The minimum atomic E-state index is -0.252. The molecule has 29 heavy (non-hydrogen) atoms. The van der Waals surface area contributed by atoms with E-state index in [0.29, 0.717) is 24.5 Å². The molecule has 1 aliphatic rings. The van der Waals surface area contributed by atoms with E-state index in [1.807, 2.05) is 29.2 Å². The summed E-state index contributed by atoms with van der Waals surface area (Å²) in [6.07, 6.45) is 0.914. The molecule has 1 fully saturated rings. The predicted molar refractivity (Wildman–Crippen MR) is 112 cm³/mol. The maximum Gasteiger partial charge on any atom is 0.274 e. The average Bonchev–Trinajstić information content (AvgIpc) is 3.00. The van der Waals surface area contributed by atoms with Crippen molar-refractivity contribution in [3.8, 4) is 5.69 Å². The molecule has 0 unspecified atom stereocenters. The van der Waals surface area contributed by atoms with Crippen molar-refractivity contribution < 1.29 is 4.79 Å². The van der Waals surface area contributed by atoms with Gasteiger partial charge in [-0.05, 0) is 30.2 Å². The smallest absolute Gasteiger partial charge is 0.274 e. The molecular formula is C23H24N4O2. The van der Waals surface area contributed by atoms with Gasteiger partial charge in [-0.3, -0.25) is 14.5 Å². The molecule has 0 spiro atoms. The zero-order chi connectivity index (χ0) is 20.1. The molecule has 0 aliphatic carbocycles. The molecule has 2 heterocycles. The highest BCUT2D eigenvalue weighted by atomic mass is 16.2. The molecule has 3 aromatic rings.